The molecule has 0 spiro atoms. The van der Waals surface area contributed by atoms with Gasteiger partial charge in [0.15, 0.2) is 6.10 Å². The summed E-state index contributed by atoms with van der Waals surface area (Å²) in [6.45, 7) is 1.89. The molecular weight excluding hydrogens is 309 g/mol. The number of hydrogen-bond donors (Lipinski definition) is 2. The minimum atomic E-state index is -1.16. The van der Waals surface area contributed by atoms with Crippen molar-refractivity contribution in [1.29, 1.82) is 0 Å². The van der Waals surface area contributed by atoms with Crippen LogP contribution in [0, 0.1) is 5.82 Å². The smallest absolute Gasteiger partial charge is 0.256 e. The standard InChI is InChI=1S/C18H20FN3O2/c19-15-12-14(20)6-7-16(15)21-8-10-22(11-9-21)18(24)17(23)13-4-2-1-3-5-13/h1-7,12,17,23H,8-11,20H2. The monoisotopic (exact) mass is 329 g/mol. The van der Waals surface area contributed by atoms with E-state index in [4.69, 9.17) is 5.73 Å². The second-order valence-electron chi connectivity index (χ2n) is 5.84. The number of halogens is 1. The molecule has 1 heterocycles. The van der Waals surface area contributed by atoms with E-state index in [0.29, 0.717) is 43.1 Å². The summed E-state index contributed by atoms with van der Waals surface area (Å²) < 4.78 is 14.0. The molecule has 3 N–H and O–H groups in total. The molecule has 1 aliphatic heterocycles. The van der Waals surface area contributed by atoms with Gasteiger partial charge < -0.3 is 20.6 Å². The molecular formula is C18H20FN3O2. The molecule has 1 unspecified atom stereocenters. The summed E-state index contributed by atoms with van der Waals surface area (Å²) in [7, 11) is 0. The highest BCUT2D eigenvalue weighted by Crippen LogP contribution is 2.24. The molecule has 0 aliphatic carbocycles. The predicted octanol–water partition coefficient (Wildman–Crippen LogP) is 1.79. The van der Waals surface area contributed by atoms with Crippen LogP contribution in [0.2, 0.25) is 0 Å². The van der Waals surface area contributed by atoms with Crippen molar-refractivity contribution in [2.24, 2.45) is 0 Å². The molecule has 1 fully saturated rings. The highest BCUT2D eigenvalue weighted by molar-refractivity contribution is 5.82. The number of benzene rings is 2. The fraction of sp³-hybridized carbons (Fsp3) is 0.278. The molecule has 0 radical (unpaired) electrons. The number of hydrogen-bond acceptors (Lipinski definition) is 4. The highest BCUT2D eigenvalue weighted by Gasteiger charge is 2.27. The van der Waals surface area contributed by atoms with E-state index in [0.717, 1.165) is 0 Å². The quantitative estimate of drug-likeness (QED) is 0.843. The fourth-order valence-electron chi connectivity index (χ4n) is 2.90. The lowest BCUT2D eigenvalue weighted by atomic mass is 10.1. The SMILES string of the molecule is Nc1ccc(N2CCN(C(=O)C(O)c3ccccc3)CC2)c(F)c1. The number of aliphatic hydroxyl groups excluding tert-OH is 1. The first-order chi connectivity index (χ1) is 11.6. The molecule has 5 nitrogen and oxygen atoms in total. The maximum atomic E-state index is 14.0. The number of piperazine rings is 1. The number of anilines is 2. The first kappa shape index (κ1) is 16.3. The third-order valence-corrected chi connectivity index (χ3v) is 4.25. The Hall–Kier alpha value is -2.60. The lowest BCUT2D eigenvalue weighted by Gasteiger charge is -2.37. The third-order valence-electron chi connectivity index (χ3n) is 4.25. The Kier molecular flexibility index (Phi) is 4.66. The van der Waals surface area contributed by atoms with Gasteiger partial charge in [0, 0.05) is 31.9 Å². The molecule has 6 heteroatoms. The summed E-state index contributed by atoms with van der Waals surface area (Å²) in [5.74, 6) is -0.683. The van der Waals surface area contributed by atoms with Crippen LogP contribution in [0.15, 0.2) is 48.5 Å². The molecule has 1 aliphatic rings. The van der Waals surface area contributed by atoms with Crippen molar-refractivity contribution in [2.45, 2.75) is 6.10 Å². The molecule has 1 atom stereocenters. The van der Waals surface area contributed by atoms with Crippen LogP contribution in [-0.4, -0.2) is 42.1 Å². The van der Waals surface area contributed by atoms with Crippen molar-refractivity contribution in [3.63, 3.8) is 0 Å². The number of amides is 1. The lowest BCUT2D eigenvalue weighted by molar-refractivity contribution is -0.140. The molecule has 1 saturated heterocycles. The van der Waals surface area contributed by atoms with E-state index in [1.54, 1.807) is 41.3 Å². The maximum Gasteiger partial charge on any atom is 0.256 e. The molecule has 2 aromatic carbocycles. The zero-order chi connectivity index (χ0) is 17.1. The van der Waals surface area contributed by atoms with E-state index >= 15 is 0 Å². The van der Waals surface area contributed by atoms with Gasteiger partial charge in [-0.3, -0.25) is 4.79 Å². The minimum absolute atomic E-state index is 0.321. The van der Waals surface area contributed by atoms with E-state index in [2.05, 4.69) is 0 Å². The number of aliphatic hydroxyl groups is 1. The fourth-order valence-corrected chi connectivity index (χ4v) is 2.90. The summed E-state index contributed by atoms with van der Waals surface area (Å²) in [5.41, 5.74) is 7.02. The van der Waals surface area contributed by atoms with Crippen LogP contribution in [0.3, 0.4) is 0 Å². The summed E-state index contributed by atoms with van der Waals surface area (Å²) in [6, 6.07) is 13.5. The summed E-state index contributed by atoms with van der Waals surface area (Å²) in [5, 5.41) is 10.2. The van der Waals surface area contributed by atoms with Gasteiger partial charge in [0.05, 0.1) is 5.69 Å². The number of carbonyl (C=O) groups is 1. The Morgan fingerprint density at radius 2 is 1.75 bits per heavy atom. The van der Waals surface area contributed by atoms with Gasteiger partial charge in [0.25, 0.3) is 5.91 Å². The second-order valence-corrected chi connectivity index (χ2v) is 5.84. The zero-order valence-electron chi connectivity index (χ0n) is 13.2. The average molecular weight is 329 g/mol. The number of nitrogens with two attached hydrogens (primary N) is 1. The Bertz CT molecular complexity index is 715. The molecule has 0 saturated carbocycles. The topological polar surface area (TPSA) is 69.8 Å². The number of rotatable bonds is 3. The van der Waals surface area contributed by atoms with Crippen LogP contribution in [0.5, 0.6) is 0 Å². The molecule has 126 valence electrons. The largest absolute Gasteiger partial charge is 0.399 e. The van der Waals surface area contributed by atoms with Crippen LogP contribution in [-0.2, 0) is 4.79 Å². The molecule has 2 aromatic rings. The van der Waals surface area contributed by atoms with Crippen LogP contribution in [0.25, 0.3) is 0 Å². The zero-order valence-corrected chi connectivity index (χ0v) is 13.2. The van der Waals surface area contributed by atoms with Crippen molar-refractivity contribution < 1.29 is 14.3 Å². The number of nitrogens with zero attached hydrogens (tertiary/aromatic N) is 2. The van der Waals surface area contributed by atoms with Crippen LogP contribution in [0.1, 0.15) is 11.7 Å². The Labute approximate surface area is 140 Å². The van der Waals surface area contributed by atoms with Crippen LogP contribution < -0.4 is 10.6 Å². The second kappa shape index (κ2) is 6.88. The van der Waals surface area contributed by atoms with Crippen molar-refractivity contribution in [3.05, 3.63) is 59.9 Å². The van der Waals surface area contributed by atoms with Gasteiger partial charge in [-0.15, -0.1) is 0 Å². The van der Waals surface area contributed by atoms with Crippen molar-refractivity contribution >= 4 is 17.3 Å². The van der Waals surface area contributed by atoms with Gasteiger partial charge in [0.1, 0.15) is 5.82 Å². The van der Waals surface area contributed by atoms with Crippen LogP contribution >= 0.6 is 0 Å². The molecule has 0 bridgehead atoms. The molecule has 0 aromatic heterocycles. The van der Waals surface area contributed by atoms with Crippen LogP contribution in [0.4, 0.5) is 15.8 Å². The Morgan fingerprint density at radius 3 is 2.38 bits per heavy atom. The maximum absolute atomic E-state index is 14.0. The van der Waals surface area contributed by atoms with Gasteiger partial charge in [0.2, 0.25) is 0 Å². The summed E-state index contributed by atoms with van der Waals surface area (Å²) in [6.07, 6.45) is -1.16. The lowest BCUT2D eigenvalue weighted by Crippen LogP contribution is -2.50. The van der Waals surface area contributed by atoms with E-state index in [9.17, 15) is 14.3 Å². The highest BCUT2D eigenvalue weighted by atomic mass is 19.1. The number of carbonyl (C=O) groups excluding carboxylic acids is 1. The first-order valence-corrected chi connectivity index (χ1v) is 7.88. The summed E-state index contributed by atoms with van der Waals surface area (Å²) in [4.78, 5) is 15.9. The predicted molar refractivity (Wildman–Crippen MR) is 91.0 cm³/mol. The van der Waals surface area contributed by atoms with E-state index in [1.807, 2.05) is 11.0 Å². The Balaban J connectivity index is 1.63. The van der Waals surface area contributed by atoms with E-state index in [1.165, 1.54) is 6.07 Å². The third kappa shape index (κ3) is 3.33. The molecule has 1 amide bonds. The molecule has 3 rings (SSSR count). The Morgan fingerprint density at radius 1 is 1.08 bits per heavy atom. The minimum Gasteiger partial charge on any atom is -0.399 e. The molecule has 24 heavy (non-hydrogen) atoms. The number of nitrogen functional groups attached to an aromatic ring is 1. The van der Waals surface area contributed by atoms with Gasteiger partial charge in [-0.25, -0.2) is 4.39 Å². The summed E-state index contributed by atoms with van der Waals surface area (Å²) >= 11 is 0. The van der Waals surface area contributed by atoms with Gasteiger partial charge in [-0.05, 0) is 23.8 Å². The first-order valence-electron chi connectivity index (χ1n) is 7.88. The van der Waals surface area contributed by atoms with Gasteiger partial charge in [-0.2, -0.15) is 0 Å². The van der Waals surface area contributed by atoms with Crippen molar-refractivity contribution in [1.82, 2.24) is 4.90 Å². The van der Waals surface area contributed by atoms with E-state index in [-0.39, 0.29) is 11.7 Å². The van der Waals surface area contributed by atoms with E-state index < -0.39 is 6.10 Å². The van der Waals surface area contributed by atoms with Crippen molar-refractivity contribution in [2.75, 3.05) is 36.8 Å². The normalized spacial score (nSPS) is 16.1. The van der Waals surface area contributed by atoms with Gasteiger partial charge in [-0.1, -0.05) is 30.3 Å². The van der Waals surface area contributed by atoms with Crippen molar-refractivity contribution in [3.8, 4) is 0 Å². The van der Waals surface area contributed by atoms with Gasteiger partial charge >= 0.3 is 0 Å². The average Bonchev–Trinajstić information content (AvgIpc) is 2.61.